The summed E-state index contributed by atoms with van der Waals surface area (Å²) in [6, 6.07) is 26.9. The number of hydrogen-bond acceptors (Lipinski definition) is 4. The highest BCUT2D eigenvalue weighted by atomic mass is 32.2. The van der Waals surface area contributed by atoms with Gasteiger partial charge in [0.25, 0.3) is 5.91 Å². The van der Waals surface area contributed by atoms with Crippen LogP contribution in [-0.4, -0.2) is 14.3 Å². The maximum atomic E-state index is 12.6. The Morgan fingerprint density at radius 3 is 2.03 bits per heavy atom. The van der Waals surface area contributed by atoms with E-state index in [2.05, 4.69) is 10.0 Å². The first-order valence-electron chi connectivity index (χ1n) is 10.5. The lowest BCUT2D eigenvalue weighted by Gasteiger charge is -2.09. The minimum atomic E-state index is -3.61. The number of furan rings is 1. The number of hydrogen-bond donors (Lipinski definition) is 2. The van der Waals surface area contributed by atoms with Crippen molar-refractivity contribution in [3.63, 3.8) is 0 Å². The highest BCUT2D eigenvalue weighted by molar-refractivity contribution is 7.89. The number of aryl methyl sites for hydroxylation is 1. The monoisotopic (exact) mass is 460 g/mol. The number of amides is 1. The maximum Gasteiger partial charge on any atom is 0.251 e. The molecule has 0 atom stereocenters. The van der Waals surface area contributed by atoms with Crippen molar-refractivity contribution in [1.82, 2.24) is 10.0 Å². The zero-order chi connectivity index (χ0) is 23.3. The van der Waals surface area contributed by atoms with Gasteiger partial charge in [0.2, 0.25) is 10.0 Å². The standard InChI is InChI=1S/C26H24N2O4S/c1-19-7-14-24(32-19)18-27-26(29)23-10-8-21(9-11-23)22-12-15-25(16-13-22)33(30,31)28-17-20-5-3-2-4-6-20/h2-16,28H,17-18H2,1H3,(H,27,29). The van der Waals surface area contributed by atoms with Gasteiger partial charge in [-0.05, 0) is 60.0 Å². The molecule has 0 saturated heterocycles. The van der Waals surface area contributed by atoms with Crippen LogP contribution in [0.15, 0.2) is 100 Å². The van der Waals surface area contributed by atoms with E-state index in [1.54, 1.807) is 36.4 Å². The number of sulfonamides is 1. The number of nitrogens with one attached hydrogen (secondary N) is 2. The van der Waals surface area contributed by atoms with Gasteiger partial charge in [0, 0.05) is 12.1 Å². The van der Waals surface area contributed by atoms with Crippen LogP contribution in [-0.2, 0) is 23.1 Å². The SMILES string of the molecule is Cc1ccc(CNC(=O)c2ccc(-c3ccc(S(=O)(=O)NCc4ccccc4)cc3)cc2)o1. The molecule has 4 aromatic rings. The first-order valence-corrected chi connectivity index (χ1v) is 12.0. The molecule has 0 saturated carbocycles. The van der Waals surface area contributed by atoms with E-state index in [1.807, 2.05) is 61.5 Å². The molecule has 3 aromatic carbocycles. The van der Waals surface area contributed by atoms with Crippen LogP contribution in [0, 0.1) is 6.92 Å². The molecule has 0 bridgehead atoms. The van der Waals surface area contributed by atoms with Crippen molar-refractivity contribution >= 4 is 15.9 Å². The Morgan fingerprint density at radius 1 is 0.788 bits per heavy atom. The van der Waals surface area contributed by atoms with E-state index in [0.29, 0.717) is 17.9 Å². The van der Waals surface area contributed by atoms with Crippen LogP contribution in [0.2, 0.25) is 0 Å². The van der Waals surface area contributed by atoms with Gasteiger partial charge in [-0.2, -0.15) is 0 Å². The molecule has 0 fully saturated rings. The van der Waals surface area contributed by atoms with E-state index < -0.39 is 10.0 Å². The van der Waals surface area contributed by atoms with Crippen molar-refractivity contribution < 1.29 is 17.6 Å². The molecule has 1 aromatic heterocycles. The first-order chi connectivity index (χ1) is 15.9. The van der Waals surface area contributed by atoms with Crippen LogP contribution in [0.25, 0.3) is 11.1 Å². The molecule has 4 rings (SSSR count). The lowest BCUT2D eigenvalue weighted by Crippen LogP contribution is -2.23. The molecule has 33 heavy (non-hydrogen) atoms. The van der Waals surface area contributed by atoms with Gasteiger partial charge in [-0.15, -0.1) is 0 Å². The second-order valence-electron chi connectivity index (χ2n) is 7.61. The fourth-order valence-corrected chi connectivity index (χ4v) is 4.37. The molecule has 168 valence electrons. The lowest BCUT2D eigenvalue weighted by atomic mass is 10.0. The average molecular weight is 461 g/mol. The second kappa shape index (κ2) is 9.85. The van der Waals surface area contributed by atoms with Crippen molar-refractivity contribution in [3.8, 4) is 11.1 Å². The summed E-state index contributed by atoms with van der Waals surface area (Å²) in [5, 5.41) is 2.83. The van der Waals surface area contributed by atoms with Gasteiger partial charge in [0.1, 0.15) is 11.5 Å². The van der Waals surface area contributed by atoms with Crippen molar-refractivity contribution in [2.24, 2.45) is 0 Å². The summed E-state index contributed by atoms with van der Waals surface area (Å²) in [5.41, 5.74) is 3.16. The Bertz CT molecular complexity index is 1330. The number of benzene rings is 3. The zero-order valence-corrected chi connectivity index (χ0v) is 18.9. The molecule has 0 unspecified atom stereocenters. The van der Waals surface area contributed by atoms with E-state index in [4.69, 9.17) is 4.42 Å². The predicted molar refractivity (Wildman–Crippen MR) is 127 cm³/mol. The third-order valence-corrected chi connectivity index (χ3v) is 6.59. The fourth-order valence-electron chi connectivity index (χ4n) is 3.35. The summed E-state index contributed by atoms with van der Waals surface area (Å²) in [6.45, 7) is 2.41. The molecule has 2 N–H and O–H groups in total. The van der Waals surface area contributed by atoms with E-state index in [-0.39, 0.29) is 17.3 Å². The summed E-state index contributed by atoms with van der Waals surface area (Å²) in [4.78, 5) is 12.6. The van der Waals surface area contributed by atoms with Gasteiger partial charge in [-0.3, -0.25) is 4.79 Å². The van der Waals surface area contributed by atoms with Gasteiger partial charge >= 0.3 is 0 Å². The van der Waals surface area contributed by atoms with Gasteiger partial charge in [0.05, 0.1) is 11.4 Å². The lowest BCUT2D eigenvalue weighted by molar-refractivity contribution is 0.0948. The summed E-state index contributed by atoms with van der Waals surface area (Å²) in [6.07, 6.45) is 0. The largest absolute Gasteiger partial charge is 0.465 e. The maximum absolute atomic E-state index is 12.6. The van der Waals surface area contributed by atoms with Crippen molar-refractivity contribution in [1.29, 1.82) is 0 Å². The molecule has 0 spiro atoms. The molecule has 0 aliphatic rings. The zero-order valence-electron chi connectivity index (χ0n) is 18.1. The van der Waals surface area contributed by atoms with E-state index in [1.165, 1.54) is 0 Å². The Morgan fingerprint density at radius 2 is 1.42 bits per heavy atom. The smallest absolute Gasteiger partial charge is 0.251 e. The van der Waals surface area contributed by atoms with E-state index in [9.17, 15) is 13.2 Å². The van der Waals surface area contributed by atoms with Crippen molar-refractivity contribution in [2.45, 2.75) is 24.9 Å². The molecular weight excluding hydrogens is 436 g/mol. The molecule has 1 heterocycles. The van der Waals surface area contributed by atoms with Crippen LogP contribution in [0.4, 0.5) is 0 Å². The minimum Gasteiger partial charge on any atom is -0.465 e. The summed E-state index contributed by atoms with van der Waals surface area (Å²) in [5.74, 6) is 1.31. The number of rotatable bonds is 8. The van der Waals surface area contributed by atoms with Gasteiger partial charge in [-0.25, -0.2) is 13.1 Å². The Hall–Kier alpha value is -3.68. The molecule has 0 radical (unpaired) electrons. The second-order valence-corrected chi connectivity index (χ2v) is 9.37. The topological polar surface area (TPSA) is 88.4 Å². The summed E-state index contributed by atoms with van der Waals surface area (Å²) < 4.78 is 33.2. The predicted octanol–water partition coefficient (Wildman–Crippen LogP) is 4.66. The molecule has 6 nitrogen and oxygen atoms in total. The summed E-state index contributed by atoms with van der Waals surface area (Å²) >= 11 is 0. The van der Waals surface area contributed by atoms with Crippen LogP contribution in [0.1, 0.15) is 27.4 Å². The van der Waals surface area contributed by atoms with Crippen LogP contribution >= 0.6 is 0 Å². The number of carbonyl (C=O) groups is 1. The molecule has 0 aliphatic heterocycles. The Labute approximate surface area is 193 Å². The van der Waals surface area contributed by atoms with Crippen LogP contribution < -0.4 is 10.0 Å². The van der Waals surface area contributed by atoms with Crippen LogP contribution in [0.5, 0.6) is 0 Å². The van der Waals surface area contributed by atoms with Crippen LogP contribution in [0.3, 0.4) is 0 Å². The van der Waals surface area contributed by atoms with E-state index in [0.717, 1.165) is 22.5 Å². The fraction of sp³-hybridized carbons (Fsp3) is 0.115. The molecule has 1 amide bonds. The van der Waals surface area contributed by atoms with Gasteiger partial charge < -0.3 is 9.73 Å². The normalized spacial score (nSPS) is 11.3. The van der Waals surface area contributed by atoms with Crippen molar-refractivity contribution in [2.75, 3.05) is 0 Å². The Kier molecular flexibility index (Phi) is 6.72. The molecule has 0 aliphatic carbocycles. The average Bonchev–Trinajstić information content (AvgIpc) is 3.27. The van der Waals surface area contributed by atoms with Crippen molar-refractivity contribution in [3.05, 3.63) is 114 Å². The van der Waals surface area contributed by atoms with E-state index >= 15 is 0 Å². The molecular formula is C26H24N2O4S. The highest BCUT2D eigenvalue weighted by Gasteiger charge is 2.14. The van der Waals surface area contributed by atoms with Gasteiger partial charge in [0.15, 0.2) is 0 Å². The number of carbonyl (C=O) groups excluding carboxylic acids is 1. The minimum absolute atomic E-state index is 0.193. The first kappa shape index (κ1) is 22.5. The van der Waals surface area contributed by atoms with Gasteiger partial charge in [-0.1, -0.05) is 54.6 Å². The Balaban J connectivity index is 1.38. The highest BCUT2D eigenvalue weighted by Crippen LogP contribution is 2.22. The third kappa shape index (κ3) is 5.77. The third-order valence-electron chi connectivity index (χ3n) is 5.17. The molecule has 7 heteroatoms. The quantitative estimate of drug-likeness (QED) is 0.400. The summed E-state index contributed by atoms with van der Waals surface area (Å²) in [7, 11) is -3.61.